The molecule has 0 saturated heterocycles. The lowest BCUT2D eigenvalue weighted by atomic mass is 9.96. The molecule has 1 aliphatic rings. The number of hydrogen-bond acceptors (Lipinski definition) is 3. The molecular weight excluding hydrogens is 328 g/mol. The van der Waals surface area contributed by atoms with Gasteiger partial charge in [0.25, 0.3) is 11.6 Å². The Morgan fingerprint density at radius 1 is 1.21 bits per heavy atom. The predicted octanol–water partition coefficient (Wildman–Crippen LogP) is 4.46. The highest BCUT2D eigenvalue weighted by Crippen LogP contribution is 2.34. The molecule has 5 nitrogen and oxygen atoms in total. The first-order chi connectivity index (χ1) is 11.4. The Bertz CT molecular complexity index is 848. The van der Waals surface area contributed by atoms with E-state index in [1.165, 1.54) is 18.2 Å². The second-order valence-electron chi connectivity index (χ2n) is 6.05. The van der Waals surface area contributed by atoms with Gasteiger partial charge in [-0.2, -0.15) is 0 Å². The molecule has 0 radical (unpaired) electrons. The summed E-state index contributed by atoms with van der Waals surface area (Å²) in [6.07, 6.45) is 1.75. The second-order valence-corrected chi connectivity index (χ2v) is 6.48. The fourth-order valence-electron chi connectivity index (χ4n) is 3.27. The molecule has 1 aliphatic heterocycles. The standard InChI is InChI=1S/C18H17ClN2O3/c1-11-9-15(21(23)24)5-6-16(11)18(22)20-7-3-4-13-10-14(19)8-12(2)17(13)20/h5-6,8-10H,3-4,7H2,1-2H3. The molecule has 0 aliphatic carbocycles. The molecule has 3 rings (SSSR count). The van der Waals surface area contributed by atoms with Crippen molar-refractivity contribution >= 4 is 28.9 Å². The molecule has 0 aromatic heterocycles. The minimum absolute atomic E-state index is 0.00828. The number of carbonyl (C=O) groups excluding carboxylic acids is 1. The molecule has 0 bridgehead atoms. The molecule has 6 heteroatoms. The zero-order valence-electron chi connectivity index (χ0n) is 13.5. The van der Waals surface area contributed by atoms with Crippen molar-refractivity contribution in [3.63, 3.8) is 0 Å². The highest BCUT2D eigenvalue weighted by atomic mass is 35.5. The van der Waals surface area contributed by atoms with Crippen LogP contribution in [0, 0.1) is 24.0 Å². The molecule has 0 fully saturated rings. The summed E-state index contributed by atoms with van der Waals surface area (Å²) < 4.78 is 0. The van der Waals surface area contributed by atoms with Crippen LogP contribution >= 0.6 is 11.6 Å². The second kappa shape index (κ2) is 6.24. The van der Waals surface area contributed by atoms with Gasteiger partial charge in [-0.15, -0.1) is 0 Å². The molecule has 124 valence electrons. The molecule has 2 aromatic rings. The predicted molar refractivity (Wildman–Crippen MR) is 94.0 cm³/mol. The van der Waals surface area contributed by atoms with Gasteiger partial charge in [0.1, 0.15) is 0 Å². The topological polar surface area (TPSA) is 63.5 Å². The number of aryl methyl sites for hydroxylation is 3. The summed E-state index contributed by atoms with van der Waals surface area (Å²) in [4.78, 5) is 25.2. The van der Waals surface area contributed by atoms with Gasteiger partial charge in [0.15, 0.2) is 0 Å². The third kappa shape index (κ3) is 2.87. The zero-order valence-corrected chi connectivity index (χ0v) is 14.3. The van der Waals surface area contributed by atoms with Crippen LogP contribution in [0.25, 0.3) is 0 Å². The molecule has 0 atom stereocenters. The number of non-ortho nitro benzene ring substituents is 1. The third-order valence-corrected chi connectivity index (χ3v) is 4.56. The zero-order chi connectivity index (χ0) is 17.4. The average molecular weight is 345 g/mol. The minimum Gasteiger partial charge on any atom is -0.308 e. The van der Waals surface area contributed by atoms with Gasteiger partial charge in [-0.25, -0.2) is 0 Å². The van der Waals surface area contributed by atoms with Crippen LogP contribution < -0.4 is 4.90 Å². The summed E-state index contributed by atoms with van der Waals surface area (Å²) in [5.74, 6) is -0.131. The van der Waals surface area contributed by atoms with Crippen LogP contribution in [0.5, 0.6) is 0 Å². The molecule has 0 saturated carbocycles. The summed E-state index contributed by atoms with van der Waals surface area (Å²) >= 11 is 6.13. The molecule has 1 heterocycles. The van der Waals surface area contributed by atoms with E-state index in [2.05, 4.69) is 0 Å². The number of amides is 1. The largest absolute Gasteiger partial charge is 0.308 e. The van der Waals surface area contributed by atoms with E-state index in [1.54, 1.807) is 11.8 Å². The van der Waals surface area contributed by atoms with E-state index in [4.69, 9.17) is 11.6 Å². The van der Waals surface area contributed by atoms with Crippen LogP contribution in [-0.2, 0) is 6.42 Å². The highest BCUT2D eigenvalue weighted by molar-refractivity contribution is 6.31. The van der Waals surface area contributed by atoms with Gasteiger partial charge in [0.2, 0.25) is 0 Å². The van der Waals surface area contributed by atoms with Gasteiger partial charge < -0.3 is 4.90 Å². The molecule has 24 heavy (non-hydrogen) atoms. The summed E-state index contributed by atoms with van der Waals surface area (Å²) in [5, 5.41) is 11.5. The Kier molecular flexibility index (Phi) is 4.28. The van der Waals surface area contributed by atoms with Crippen molar-refractivity contribution in [1.29, 1.82) is 0 Å². The molecular formula is C18H17ClN2O3. The van der Waals surface area contributed by atoms with Gasteiger partial charge in [-0.05, 0) is 61.6 Å². The number of benzene rings is 2. The van der Waals surface area contributed by atoms with E-state index in [-0.39, 0.29) is 11.6 Å². The van der Waals surface area contributed by atoms with Crippen molar-refractivity contribution in [3.05, 3.63) is 67.7 Å². The lowest BCUT2D eigenvalue weighted by Gasteiger charge is -2.31. The molecule has 0 unspecified atom stereocenters. The van der Waals surface area contributed by atoms with Gasteiger partial charge >= 0.3 is 0 Å². The first-order valence-corrected chi connectivity index (χ1v) is 8.12. The molecule has 2 aromatic carbocycles. The van der Waals surface area contributed by atoms with Crippen LogP contribution in [0.3, 0.4) is 0 Å². The third-order valence-electron chi connectivity index (χ3n) is 4.34. The van der Waals surface area contributed by atoms with Crippen LogP contribution in [0.1, 0.15) is 33.5 Å². The smallest absolute Gasteiger partial charge is 0.269 e. The van der Waals surface area contributed by atoms with E-state index >= 15 is 0 Å². The average Bonchev–Trinajstić information content (AvgIpc) is 2.53. The van der Waals surface area contributed by atoms with Crippen LogP contribution in [0.2, 0.25) is 5.02 Å². The van der Waals surface area contributed by atoms with Crippen molar-refractivity contribution < 1.29 is 9.72 Å². The van der Waals surface area contributed by atoms with E-state index in [9.17, 15) is 14.9 Å². The summed E-state index contributed by atoms with van der Waals surface area (Å²) in [6, 6.07) is 8.11. The van der Waals surface area contributed by atoms with Crippen molar-refractivity contribution in [2.45, 2.75) is 26.7 Å². The number of fused-ring (bicyclic) bond motifs is 1. The summed E-state index contributed by atoms with van der Waals surface area (Å²) in [7, 11) is 0. The number of carbonyl (C=O) groups is 1. The quantitative estimate of drug-likeness (QED) is 0.597. The first-order valence-electron chi connectivity index (χ1n) is 7.74. The minimum atomic E-state index is -0.455. The normalized spacial score (nSPS) is 13.5. The van der Waals surface area contributed by atoms with E-state index < -0.39 is 4.92 Å². The number of nitro benzene ring substituents is 1. The van der Waals surface area contributed by atoms with E-state index in [0.29, 0.717) is 22.7 Å². The van der Waals surface area contributed by atoms with Crippen LogP contribution in [0.4, 0.5) is 11.4 Å². The van der Waals surface area contributed by atoms with E-state index in [1.807, 2.05) is 19.1 Å². The van der Waals surface area contributed by atoms with Crippen molar-refractivity contribution in [1.82, 2.24) is 0 Å². The van der Waals surface area contributed by atoms with Crippen molar-refractivity contribution in [2.75, 3.05) is 11.4 Å². The number of anilines is 1. The van der Waals surface area contributed by atoms with Crippen LogP contribution in [0.15, 0.2) is 30.3 Å². The number of halogens is 1. The Morgan fingerprint density at radius 3 is 2.62 bits per heavy atom. The number of hydrogen-bond donors (Lipinski definition) is 0. The molecule has 0 spiro atoms. The first kappa shape index (κ1) is 16.5. The lowest BCUT2D eigenvalue weighted by Crippen LogP contribution is -2.36. The van der Waals surface area contributed by atoms with Gasteiger partial charge in [-0.1, -0.05) is 11.6 Å². The Labute approximate surface area is 145 Å². The number of nitro groups is 1. The fraction of sp³-hybridized carbons (Fsp3) is 0.278. The van der Waals surface area contributed by atoms with Gasteiger partial charge in [-0.3, -0.25) is 14.9 Å². The van der Waals surface area contributed by atoms with Gasteiger partial charge in [0.05, 0.1) is 10.6 Å². The highest BCUT2D eigenvalue weighted by Gasteiger charge is 2.27. The van der Waals surface area contributed by atoms with Crippen molar-refractivity contribution in [3.8, 4) is 0 Å². The lowest BCUT2D eigenvalue weighted by molar-refractivity contribution is -0.384. The van der Waals surface area contributed by atoms with E-state index in [0.717, 1.165) is 29.7 Å². The Morgan fingerprint density at radius 2 is 1.96 bits per heavy atom. The SMILES string of the molecule is Cc1cc([N+](=O)[O-])ccc1C(=O)N1CCCc2cc(Cl)cc(C)c21. The monoisotopic (exact) mass is 344 g/mol. The van der Waals surface area contributed by atoms with Gasteiger partial charge in [0, 0.05) is 29.3 Å². The van der Waals surface area contributed by atoms with Crippen LogP contribution in [-0.4, -0.2) is 17.4 Å². The molecule has 1 amide bonds. The maximum absolute atomic E-state index is 13.0. The number of rotatable bonds is 2. The molecule has 0 N–H and O–H groups in total. The summed E-state index contributed by atoms with van der Waals surface area (Å²) in [5.41, 5.74) is 4.03. The maximum Gasteiger partial charge on any atom is 0.269 e. The Hall–Kier alpha value is -2.40. The fourth-order valence-corrected chi connectivity index (χ4v) is 3.57. The number of nitrogens with zero attached hydrogens (tertiary/aromatic N) is 2. The van der Waals surface area contributed by atoms with Crippen molar-refractivity contribution in [2.24, 2.45) is 0 Å². The maximum atomic E-state index is 13.0. The Balaban J connectivity index is 2.03. The summed E-state index contributed by atoms with van der Waals surface area (Å²) in [6.45, 7) is 4.30.